The molecule has 2 heterocycles. The van der Waals surface area contributed by atoms with Gasteiger partial charge in [-0.3, -0.25) is 9.78 Å². The highest BCUT2D eigenvalue weighted by molar-refractivity contribution is 5.93. The van der Waals surface area contributed by atoms with Crippen LogP contribution < -0.4 is 5.32 Å². The highest BCUT2D eigenvalue weighted by Crippen LogP contribution is 2.25. The molecular weight excluding hydrogens is 276 g/mol. The second-order valence-corrected chi connectivity index (χ2v) is 5.78. The Labute approximate surface area is 131 Å². The fourth-order valence-electron chi connectivity index (χ4n) is 2.22. The lowest BCUT2D eigenvalue weighted by atomic mass is 9.97. The minimum atomic E-state index is -0.0493. The molecule has 2 aromatic heterocycles. The Bertz CT molecular complexity index is 608. The van der Waals surface area contributed by atoms with E-state index >= 15 is 0 Å². The molecule has 0 saturated carbocycles. The van der Waals surface area contributed by atoms with E-state index < -0.39 is 0 Å². The van der Waals surface area contributed by atoms with Crippen molar-refractivity contribution >= 4 is 11.7 Å². The van der Waals surface area contributed by atoms with Crippen LogP contribution >= 0.6 is 0 Å². The summed E-state index contributed by atoms with van der Waals surface area (Å²) in [5.74, 6) is 1.08. The molecule has 0 bridgehead atoms. The number of aromatic nitrogens is 2. The fraction of sp³-hybridized carbons (Fsp3) is 0.353. The molecule has 0 fully saturated rings. The van der Waals surface area contributed by atoms with Gasteiger partial charge >= 0.3 is 0 Å². The molecule has 5 heteroatoms. The van der Waals surface area contributed by atoms with Crippen molar-refractivity contribution in [2.24, 2.45) is 5.92 Å². The third-order valence-corrected chi connectivity index (χ3v) is 3.43. The van der Waals surface area contributed by atoms with Crippen molar-refractivity contribution in [3.8, 4) is 0 Å². The van der Waals surface area contributed by atoms with Gasteiger partial charge < -0.3 is 10.2 Å². The molecule has 1 N–H and O–H groups in total. The molecule has 1 amide bonds. The number of amides is 1. The zero-order valence-electron chi connectivity index (χ0n) is 13.4. The molecule has 2 rings (SSSR count). The molecule has 116 valence electrons. The summed E-state index contributed by atoms with van der Waals surface area (Å²) in [6.07, 6.45) is 5.23. The summed E-state index contributed by atoms with van der Waals surface area (Å²) in [5, 5.41) is 3.41. The molecular formula is C17H22N4O. The third-order valence-electron chi connectivity index (χ3n) is 3.43. The number of rotatable bonds is 5. The molecule has 0 saturated heterocycles. The van der Waals surface area contributed by atoms with E-state index in [0.717, 1.165) is 11.4 Å². The molecule has 0 radical (unpaired) electrons. The summed E-state index contributed by atoms with van der Waals surface area (Å²) in [4.78, 5) is 21.9. The van der Waals surface area contributed by atoms with E-state index in [0.29, 0.717) is 11.5 Å². The van der Waals surface area contributed by atoms with Crippen LogP contribution in [0.2, 0.25) is 0 Å². The van der Waals surface area contributed by atoms with Gasteiger partial charge in [0.1, 0.15) is 5.82 Å². The Balaban J connectivity index is 2.16. The predicted molar refractivity (Wildman–Crippen MR) is 87.7 cm³/mol. The zero-order valence-corrected chi connectivity index (χ0v) is 13.4. The van der Waals surface area contributed by atoms with Crippen molar-refractivity contribution < 1.29 is 4.79 Å². The van der Waals surface area contributed by atoms with Crippen LogP contribution in [0.3, 0.4) is 0 Å². The van der Waals surface area contributed by atoms with E-state index in [9.17, 15) is 4.79 Å². The summed E-state index contributed by atoms with van der Waals surface area (Å²) >= 11 is 0. The topological polar surface area (TPSA) is 58.1 Å². The van der Waals surface area contributed by atoms with Crippen molar-refractivity contribution in [3.05, 3.63) is 54.0 Å². The Hall–Kier alpha value is -2.43. The Morgan fingerprint density at radius 2 is 1.95 bits per heavy atom. The minimum Gasteiger partial charge on any atom is -0.363 e. The van der Waals surface area contributed by atoms with Gasteiger partial charge in [0.15, 0.2) is 0 Å². The molecule has 0 aromatic carbocycles. The van der Waals surface area contributed by atoms with Crippen molar-refractivity contribution in [1.82, 2.24) is 14.9 Å². The van der Waals surface area contributed by atoms with Crippen LogP contribution in [0.1, 0.15) is 35.8 Å². The molecule has 0 aliphatic heterocycles. The van der Waals surface area contributed by atoms with E-state index in [2.05, 4.69) is 35.2 Å². The van der Waals surface area contributed by atoms with Gasteiger partial charge in [-0.25, -0.2) is 4.98 Å². The first-order valence-electron chi connectivity index (χ1n) is 7.33. The number of nitrogens with zero attached hydrogens (tertiary/aromatic N) is 3. The first kappa shape index (κ1) is 15.9. The van der Waals surface area contributed by atoms with Gasteiger partial charge in [0.2, 0.25) is 0 Å². The Morgan fingerprint density at radius 1 is 1.18 bits per heavy atom. The lowest BCUT2D eigenvalue weighted by Gasteiger charge is -2.23. The first-order chi connectivity index (χ1) is 10.5. The van der Waals surface area contributed by atoms with Crippen LogP contribution in [0, 0.1) is 5.92 Å². The number of nitrogens with one attached hydrogen (secondary N) is 1. The highest BCUT2D eigenvalue weighted by Gasteiger charge is 2.16. The minimum absolute atomic E-state index is 0.0493. The lowest BCUT2D eigenvalue weighted by Crippen LogP contribution is -2.22. The second kappa shape index (κ2) is 7.02. The SMILES string of the molecule is CC(C)C(Nc1ccc(C(=O)N(C)C)cn1)c1cccnc1. The van der Waals surface area contributed by atoms with E-state index in [-0.39, 0.29) is 11.9 Å². The third kappa shape index (κ3) is 3.81. The van der Waals surface area contributed by atoms with Gasteiger partial charge in [-0.2, -0.15) is 0 Å². The molecule has 2 aromatic rings. The molecule has 0 spiro atoms. The summed E-state index contributed by atoms with van der Waals surface area (Å²) < 4.78 is 0. The van der Waals surface area contributed by atoms with Crippen LogP contribution in [-0.2, 0) is 0 Å². The molecule has 1 atom stereocenters. The van der Waals surface area contributed by atoms with Crippen molar-refractivity contribution in [2.45, 2.75) is 19.9 Å². The van der Waals surface area contributed by atoms with Gasteiger partial charge in [0.05, 0.1) is 11.6 Å². The standard InChI is InChI=1S/C17H22N4O/c1-12(2)16(13-6-5-9-18-10-13)20-15-8-7-14(11-19-15)17(22)21(3)4/h5-12,16H,1-4H3,(H,19,20). The number of hydrogen-bond acceptors (Lipinski definition) is 4. The van der Waals surface area contributed by atoms with Crippen LogP contribution in [0.4, 0.5) is 5.82 Å². The van der Waals surface area contributed by atoms with Crippen molar-refractivity contribution in [2.75, 3.05) is 19.4 Å². The number of pyridine rings is 2. The number of anilines is 1. The predicted octanol–water partition coefficient (Wildman–Crippen LogP) is 2.99. The van der Waals surface area contributed by atoms with Gasteiger partial charge in [-0.1, -0.05) is 19.9 Å². The van der Waals surface area contributed by atoms with Crippen LogP contribution in [0.15, 0.2) is 42.9 Å². The monoisotopic (exact) mass is 298 g/mol. The highest BCUT2D eigenvalue weighted by atomic mass is 16.2. The Morgan fingerprint density at radius 3 is 2.45 bits per heavy atom. The molecule has 0 aliphatic carbocycles. The summed E-state index contributed by atoms with van der Waals surface area (Å²) in [6, 6.07) is 7.73. The van der Waals surface area contributed by atoms with Crippen LogP contribution in [0.25, 0.3) is 0 Å². The maximum atomic E-state index is 11.9. The lowest BCUT2D eigenvalue weighted by molar-refractivity contribution is 0.0827. The average Bonchev–Trinajstić information content (AvgIpc) is 2.53. The smallest absolute Gasteiger partial charge is 0.254 e. The number of carbonyl (C=O) groups excluding carboxylic acids is 1. The van der Waals surface area contributed by atoms with Crippen molar-refractivity contribution in [3.63, 3.8) is 0 Å². The van der Waals surface area contributed by atoms with Gasteiger partial charge in [-0.15, -0.1) is 0 Å². The number of hydrogen-bond donors (Lipinski definition) is 1. The fourth-order valence-corrected chi connectivity index (χ4v) is 2.22. The summed E-state index contributed by atoms with van der Waals surface area (Å²) in [6.45, 7) is 4.29. The van der Waals surface area contributed by atoms with Crippen LogP contribution in [-0.4, -0.2) is 34.9 Å². The van der Waals surface area contributed by atoms with Gasteiger partial charge in [0, 0.05) is 32.7 Å². The molecule has 0 aliphatic rings. The normalized spacial score (nSPS) is 12.0. The zero-order chi connectivity index (χ0) is 16.1. The molecule has 1 unspecified atom stereocenters. The van der Waals surface area contributed by atoms with E-state index in [1.165, 1.54) is 4.90 Å². The van der Waals surface area contributed by atoms with Gasteiger partial charge in [-0.05, 0) is 29.7 Å². The molecule has 22 heavy (non-hydrogen) atoms. The quantitative estimate of drug-likeness (QED) is 0.922. The van der Waals surface area contributed by atoms with E-state index in [1.807, 2.05) is 18.3 Å². The maximum absolute atomic E-state index is 11.9. The van der Waals surface area contributed by atoms with Gasteiger partial charge in [0.25, 0.3) is 5.91 Å². The maximum Gasteiger partial charge on any atom is 0.254 e. The van der Waals surface area contributed by atoms with E-state index in [4.69, 9.17) is 0 Å². The largest absolute Gasteiger partial charge is 0.363 e. The Kier molecular flexibility index (Phi) is 5.09. The van der Waals surface area contributed by atoms with Crippen LogP contribution in [0.5, 0.6) is 0 Å². The second-order valence-electron chi connectivity index (χ2n) is 5.78. The molecule has 5 nitrogen and oxygen atoms in total. The summed E-state index contributed by atoms with van der Waals surface area (Å²) in [7, 11) is 3.46. The van der Waals surface area contributed by atoms with E-state index in [1.54, 1.807) is 32.6 Å². The number of carbonyl (C=O) groups is 1. The first-order valence-corrected chi connectivity index (χ1v) is 7.33. The van der Waals surface area contributed by atoms with Crippen molar-refractivity contribution in [1.29, 1.82) is 0 Å². The summed E-state index contributed by atoms with van der Waals surface area (Å²) in [5.41, 5.74) is 1.70. The average molecular weight is 298 g/mol.